The Morgan fingerprint density at radius 3 is 2.44 bits per heavy atom. The number of primary amides is 1. The molecule has 170 valence electrons. The lowest BCUT2D eigenvalue weighted by atomic mass is 10.0. The number of halogens is 3. The number of carbonyl (C=O) groups is 1. The van der Waals surface area contributed by atoms with Crippen molar-refractivity contribution in [3.8, 4) is 5.75 Å². The summed E-state index contributed by atoms with van der Waals surface area (Å²) in [6.45, 7) is 6.23. The van der Waals surface area contributed by atoms with E-state index in [0.29, 0.717) is 16.7 Å². The van der Waals surface area contributed by atoms with E-state index in [0.717, 1.165) is 6.07 Å². The molecule has 7 nitrogen and oxygen atoms in total. The van der Waals surface area contributed by atoms with Crippen LogP contribution in [0.15, 0.2) is 30.3 Å². The third kappa shape index (κ3) is 4.85. The molecule has 1 atom stereocenters. The summed E-state index contributed by atoms with van der Waals surface area (Å²) in [6, 6.07) is 6.02. The van der Waals surface area contributed by atoms with Crippen LogP contribution < -0.4 is 21.1 Å². The third-order valence-electron chi connectivity index (χ3n) is 4.79. The van der Waals surface area contributed by atoms with Gasteiger partial charge in [-0.05, 0) is 33.2 Å². The van der Waals surface area contributed by atoms with Crippen molar-refractivity contribution in [1.29, 1.82) is 0 Å². The van der Waals surface area contributed by atoms with Gasteiger partial charge in [0, 0.05) is 17.0 Å². The number of nitrogens with one attached hydrogen (secondary N) is 1. The number of ether oxygens (including phenoxy) is 1. The van der Waals surface area contributed by atoms with E-state index in [1.54, 1.807) is 13.8 Å². The van der Waals surface area contributed by atoms with Crippen molar-refractivity contribution in [3.63, 3.8) is 0 Å². The van der Waals surface area contributed by atoms with Gasteiger partial charge in [-0.2, -0.15) is 0 Å². The van der Waals surface area contributed by atoms with Gasteiger partial charge in [0.25, 0.3) is 6.43 Å². The molecule has 3 rings (SSSR count). The lowest BCUT2D eigenvalue weighted by Crippen LogP contribution is -2.21. The zero-order valence-electron chi connectivity index (χ0n) is 17.8. The van der Waals surface area contributed by atoms with Crippen molar-refractivity contribution in [2.45, 2.75) is 26.3 Å². The van der Waals surface area contributed by atoms with Gasteiger partial charge in [0.2, 0.25) is 0 Å². The molecule has 1 aromatic heterocycles. The number of amides is 1. The van der Waals surface area contributed by atoms with Crippen molar-refractivity contribution in [2.24, 2.45) is 5.73 Å². The Kier molecular flexibility index (Phi) is 6.46. The minimum absolute atomic E-state index is 0.0195. The van der Waals surface area contributed by atoms with Gasteiger partial charge < -0.3 is 20.4 Å². The van der Waals surface area contributed by atoms with Crippen molar-refractivity contribution >= 4 is 35.3 Å². The van der Waals surface area contributed by atoms with Crippen LogP contribution in [0.1, 0.15) is 36.3 Å². The number of nitrogens with two attached hydrogens (primary N) is 1. The molecule has 0 bridgehead atoms. The third-order valence-corrected chi connectivity index (χ3v) is 6.30. The Labute approximate surface area is 182 Å². The van der Waals surface area contributed by atoms with Crippen molar-refractivity contribution in [2.75, 3.05) is 18.6 Å². The van der Waals surface area contributed by atoms with Gasteiger partial charge in [-0.3, -0.25) is 0 Å². The maximum Gasteiger partial charge on any atom is 0.409 e. The van der Waals surface area contributed by atoms with Gasteiger partial charge in [-0.15, -0.1) is 0 Å². The first-order valence-electron chi connectivity index (χ1n) is 9.56. The molecule has 2 aromatic carbocycles. The molecule has 32 heavy (non-hydrogen) atoms. The number of hydrogen-bond donors (Lipinski definition) is 2. The Morgan fingerprint density at radius 1 is 1.19 bits per heavy atom. The second kappa shape index (κ2) is 8.78. The fourth-order valence-corrected chi connectivity index (χ4v) is 4.42. The van der Waals surface area contributed by atoms with E-state index in [2.05, 4.69) is 15.3 Å². The van der Waals surface area contributed by atoms with Crippen LogP contribution in [0.4, 0.5) is 23.8 Å². The van der Waals surface area contributed by atoms with E-state index in [9.17, 15) is 22.5 Å². The molecule has 0 aliphatic heterocycles. The standard InChI is InChI=1S/C21H22F3N4O3P/c1-10(12-6-5-7-13(18(12)22)19(23)24)26-20-14-8-17(32(3,4)30)16(31-21(25)29)9-15(14)27-11(2)28-20/h5-10,19H,1-4H3,(H2,25,29)(H,26,27,28)/t10-/m1/s1. The Hall–Kier alpha value is -3.13. The van der Waals surface area contributed by atoms with Crippen LogP contribution in [-0.2, 0) is 4.57 Å². The molecule has 0 unspecified atom stereocenters. The predicted octanol–water partition coefficient (Wildman–Crippen LogP) is 4.89. The number of nitrogens with zero attached hydrogens (tertiary/aromatic N) is 2. The Balaban J connectivity index is 2.14. The SMILES string of the molecule is Cc1nc(N[C@H](C)c2cccc(C(F)F)c2F)c2cc(P(C)(C)=O)c(OC(N)=O)cc2n1. The number of alkyl halides is 2. The van der Waals surface area contributed by atoms with Gasteiger partial charge in [0.15, 0.2) is 0 Å². The molecule has 0 aliphatic rings. The van der Waals surface area contributed by atoms with Gasteiger partial charge >= 0.3 is 6.09 Å². The second-order valence-corrected chi connectivity index (χ2v) is 10.8. The molecule has 1 heterocycles. The van der Waals surface area contributed by atoms with Crippen LogP contribution in [0, 0.1) is 12.7 Å². The van der Waals surface area contributed by atoms with Gasteiger partial charge in [-0.1, -0.05) is 18.2 Å². The van der Waals surface area contributed by atoms with Crippen LogP contribution in [0.3, 0.4) is 0 Å². The maximum absolute atomic E-state index is 14.6. The summed E-state index contributed by atoms with van der Waals surface area (Å²) in [6.07, 6.45) is -4.01. The number of aryl methyl sites for hydroxylation is 1. The van der Waals surface area contributed by atoms with E-state index in [4.69, 9.17) is 10.5 Å². The van der Waals surface area contributed by atoms with Gasteiger partial charge in [0.05, 0.1) is 22.4 Å². The average molecular weight is 466 g/mol. The molecule has 0 radical (unpaired) electrons. The molecule has 0 saturated carbocycles. The number of carbonyl (C=O) groups excluding carboxylic acids is 1. The zero-order chi connectivity index (χ0) is 23.8. The van der Waals surface area contributed by atoms with E-state index >= 15 is 0 Å². The monoisotopic (exact) mass is 466 g/mol. The summed E-state index contributed by atoms with van der Waals surface area (Å²) in [5.74, 6) is -0.349. The van der Waals surface area contributed by atoms with Crippen LogP contribution in [0.25, 0.3) is 10.9 Å². The van der Waals surface area contributed by atoms with Crippen LogP contribution in [-0.4, -0.2) is 29.4 Å². The lowest BCUT2D eigenvalue weighted by molar-refractivity contribution is 0.146. The number of hydrogen-bond acceptors (Lipinski definition) is 6. The van der Waals surface area contributed by atoms with Crippen molar-refractivity contribution in [1.82, 2.24) is 9.97 Å². The van der Waals surface area contributed by atoms with E-state index in [1.165, 1.54) is 37.6 Å². The normalized spacial score (nSPS) is 12.8. The number of rotatable bonds is 6. The minimum atomic E-state index is -2.95. The molecule has 0 aliphatic carbocycles. The van der Waals surface area contributed by atoms with E-state index in [-0.39, 0.29) is 22.4 Å². The fourth-order valence-electron chi connectivity index (χ4n) is 3.34. The van der Waals surface area contributed by atoms with Crippen molar-refractivity contribution in [3.05, 3.63) is 53.1 Å². The summed E-state index contributed by atoms with van der Waals surface area (Å²) >= 11 is 0. The highest BCUT2D eigenvalue weighted by Gasteiger charge is 2.24. The Bertz CT molecular complexity index is 1250. The largest absolute Gasteiger partial charge is 0.410 e. The molecule has 1 amide bonds. The fraction of sp³-hybridized carbons (Fsp3) is 0.286. The topological polar surface area (TPSA) is 107 Å². The molecule has 0 fully saturated rings. The molecule has 0 spiro atoms. The van der Waals surface area contributed by atoms with E-state index in [1.807, 2.05) is 0 Å². The highest BCUT2D eigenvalue weighted by Crippen LogP contribution is 2.41. The number of aromatic nitrogens is 2. The summed E-state index contributed by atoms with van der Waals surface area (Å²) in [5.41, 5.74) is 4.85. The first-order valence-corrected chi connectivity index (χ1v) is 12.2. The maximum atomic E-state index is 14.6. The highest BCUT2D eigenvalue weighted by molar-refractivity contribution is 7.70. The van der Waals surface area contributed by atoms with Crippen LogP contribution >= 0.6 is 7.14 Å². The summed E-state index contributed by atoms with van der Waals surface area (Å²) in [7, 11) is -2.93. The number of fused-ring (bicyclic) bond motifs is 1. The van der Waals surface area contributed by atoms with Gasteiger partial charge in [0.1, 0.15) is 30.4 Å². The van der Waals surface area contributed by atoms with Crippen LogP contribution in [0.2, 0.25) is 0 Å². The predicted molar refractivity (Wildman–Crippen MR) is 117 cm³/mol. The summed E-state index contributed by atoms with van der Waals surface area (Å²) < 4.78 is 58.6. The first kappa shape index (κ1) is 23.5. The van der Waals surface area contributed by atoms with Gasteiger partial charge in [-0.25, -0.2) is 27.9 Å². The first-order chi connectivity index (χ1) is 14.9. The molecule has 3 N–H and O–H groups in total. The number of benzene rings is 2. The minimum Gasteiger partial charge on any atom is -0.410 e. The molecular formula is C21H22F3N4O3P. The summed E-state index contributed by atoms with van der Waals surface area (Å²) in [4.78, 5) is 20.0. The second-order valence-electron chi connectivity index (χ2n) is 7.65. The highest BCUT2D eigenvalue weighted by atomic mass is 31.2. The molecule has 11 heteroatoms. The smallest absolute Gasteiger partial charge is 0.409 e. The molecule has 3 aromatic rings. The molecule has 0 saturated heterocycles. The van der Waals surface area contributed by atoms with Crippen LogP contribution in [0.5, 0.6) is 5.75 Å². The summed E-state index contributed by atoms with van der Waals surface area (Å²) in [5, 5.41) is 3.71. The van der Waals surface area contributed by atoms with E-state index < -0.39 is 37.1 Å². The average Bonchev–Trinajstić information content (AvgIpc) is 2.65. The van der Waals surface area contributed by atoms with Crippen molar-refractivity contribution < 1.29 is 27.3 Å². The Morgan fingerprint density at radius 2 is 1.84 bits per heavy atom. The number of anilines is 1. The lowest BCUT2D eigenvalue weighted by Gasteiger charge is -2.20. The molecular weight excluding hydrogens is 444 g/mol. The zero-order valence-corrected chi connectivity index (χ0v) is 18.7. The quantitative estimate of drug-likeness (QED) is 0.501.